The van der Waals surface area contributed by atoms with E-state index in [9.17, 15) is 13.6 Å². The van der Waals surface area contributed by atoms with Crippen LogP contribution in [0.25, 0.3) is 0 Å². The first kappa shape index (κ1) is 26.0. The molecule has 0 aliphatic carbocycles. The zero-order valence-electron chi connectivity index (χ0n) is 18.4. The summed E-state index contributed by atoms with van der Waals surface area (Å²) in [5.41, 5.74) is 1.82. The minimum atomic E-state index is -2.66. The van der Waals surface area contributed by atoms with Gasteiger partial charge in [-0.15, -0.1) is 0 Å². The zero-order chi connectivity index (χ0) is 22.7. The molecule has 4 nitrogen and oxygen atoms in total. The molecule has 1 N–H and O–H groups in total. The number of alkyl halides is 2. The molecule has 166 valence electrons. The minimum absolute atomic E-state index is 0.134. The molecule has 1 saturated heterocycles. The number of pyridine rings is 1. The maximum atomic E-state index is 13.7. The molecule has 0 spiro atoms. The number of carbonyl (C=O) groups excluding carboxylic acids is 1. The van der Waals surface area contributed by atoms with Crippen LogP contribution in [0.3, 0.4) is 0 Å². The first-order valence-electron chi connectivity index (χ1n) is 10.5. The quantitative estimate of drug-likeness (QED) is 0.506. The molecule has 1 fully saturated rings. The summed E-state index contributed by atoms with van der Waals surface area (Å²) in [5.74, 6) is -2.50. The Labute approximate surface area is 187 Å². The molecule has 0 atom stereocenters. The SMILES string of the molecule is CC.CC.Cc1c(Br)cnc(N2CCCC(F)(F)CC2)c1C(=O)Nc1ccccc1. The van der Waals surface area contributed by atoms with Crippen molar-refractivity contribution in [3.8, 4) is 0 Å². The molecule has 1 aromatic heterocycles. The fourth-order valence-electron chi connectivity index (χ4n) is 3.07. The van der Waals surface area contributed by atoms with Crippen LogP contribution in [0.4, 0.5) is 20.3 Å². The summed E-state index contributed by atoms with van der Waals surface area (Å²) in [4.78, 5) is 19.1. The summed E-state index contributed by atoms with van der Waals surface area (Å²) >= 11 is 3.41. The average molecular weight is 484 g/mol. The zero-order valence-corrected chi connectivity index (χ0v) is 20.0. The molecule has 2 heterocycles. The molecule has 2 aromatic rings. The number of rotatable bonds is 3. The lowest BCUT2D eigenvalue weighted by Crippen LogP contribution is -2.30. The highest BCUT2D eigenvalue weighted by molar-refractivity contribution is 9.10. The van der Waals surface area contributed by atoms with Crippen LogP contribution in [0.15, 0.2) is 41.0 Å². The number of halogens is 3. The number of benzene rings is 1. The topological polar surface area (TPSA) is 45.2 Å². The number of amides is 1. The van der Waals surface area contributed by atoms with Crippen LogP contribution >= 0.6 is 15.9 Å². The first-order chi connectivity index (χ1) is 14.4. The minimum Gasteiger partial charge on any atom is -0.356 e. The molecule has 30 heavy (non-hydrogen) atoms. The Morgan fingerprint density at radius 3 is 2.37 bits per heavy atom. The first-order valence-corrected chi connectivity index (χ1v) is 11.3. The molecule has 0 radical (unpaired) electrons. The molecule has 1 aromatic carbocycles. The monoisotopic (exact) mass is 483 g/mol. The van der Waals surface area contributed by atoms with Crippen molar-refractivity contribution in [3.63, 3.8) is 0 Å². The van der Waals surface area contributed by atoms with Gasteiger partial charge in [0.1, 0.15) is 5.82 Å². The molecule has 1 aliphatic heterocycles. The van der Waals surface area contributed by atoms with Crippen molar-refractivity contribution in [2.24, 2.45) is 0 Å². The summed E-state index contributed by atoms with van der Waals surface area (Å²) in [6.45, 7) is 10.4. The van der Waals surface area contributed by atoms with Gasteiger partial charge in [0.15, 0.2) is 0 Å². The van der Waals surface area contributed by atoms with E-state index in [0.717, 1.165) is 5.56 Å². The molecule has 3 rings (SSSR count). The molecular weight excluding hydrogens is 452 g/mol. The Bertz CT molecular complexity index is 801. The predicted molar refractivity (Wildman–Crippen MR) is 125 cm³/mol. The van der Waals surface area contributed by atoms with Gasteiger partial charge in [-0.05, 0) is 47.0 Å². The van der Waals surface area contributed by atoms with Gasteiger partial charge in [-0.25, -0.2) is 13.8 Å². The van der Waals surface area contributed by atoms with Crippen molar-refractivity contribution in [3.05, 3.63) is 52.1 Å². The van der Waals surface area contributed by atoms with Gasteiger partial charge in [0, 0.05) is 42.3 Å². The van der Waals surface area contributed by atoms with Crippen LogP contribution in [0, 0.1) is 6.92 Å². The number of hydrogen-bond donors (Lipinski definition) is 1. The summed E-state index contributed by atoms with van der Waals surface area (Å²) in [7, 11) is 0. The molecule has 0 unspecified atom stereocenters. The fourth-order valence-corrected chi connectivity index (χ4v) is 3.37. The molecule has 1 aliphatic rings. The highest BCUT2D eigenvalue weighted by Gasteiger charge is 2.33. The smallest absolute Gasteiger partial charge is 0.259 e. The van der Waals surface area contributed by atoms with E-state index >= 15 is 0 Å². The standard InChI is InChI=1S/C19H20BrF2N3O.2C2H6/c1-13-15(20)12-23-17(25-10-5-8-19(21,22)9-11-25)16(13)18(26)24-14-6-3-2-4-7-14;2*1-2/h2-4,6-7,12H,5,8-11H2,1H3,(H,24,26);2*1-2H3. The Morgan fingerprint density at radius 1 is 1.10 bits per heavy atom. The average Bonchev–Trinajstić information content (AvgIpc) is 2.94. The number of hydrogen-bond acceptors (Lipinski definition) is 3. The van der Waals surface area contributed by atoms with Gasteiger partial charge in [-0.3, -0.25) is 4.79 Å². The largest absolute Gasteiger partial charge is 0.356 e. The fraction of sp³-hybridized carbons (Fsp3) is 0.478. The molecule has 7 heteroatoms. The van der Waals surface area contributed by atoms with Crippen molar-refractivity contribution in [1.82, 2.24) is 4.98 Å². The van der Waals surface area contributed by atoms with Crippen molar-refractivity contribution in [2.75, 3.05) is 23.3 Å². The number of anilines is 2. The van der Waals surface area contributed by atoms with Crippen molar-refractivity contribution in [2.45, 2.75) is 59.8 Å². The summed E-state index contributed by atoms with van der Waals surface area (Å²) in [6.07, 6.45) is 1.62. The van der Waals surface area contributed by atoms with Gasteiger partial charge in [0.25, 0.3) is 5.91 Å². The Morgan fingerprint density at radius 2 is 1.73 bits per heavy atom. The molecule has 1 amide bonds. The van der Waals surface area contributed by atoms with Gasteiger partial charge in [-0.2, -0.15) is 0 Å². The van der Waals surface area contributed by atoms with Crippen molar-refractivity contribution in [1.29, 1.82) is 0 Å². The van der Waals surface area contributed by atoms with Crippen LogP contribution in [-0.4, -0.2) is 29.9 Å². The normalized spacial score (nSPS) is 15.0. The lowest BCUT2D eigenvalue weighted by Gasteiger charge is -2.25. The number of nitrogens with one attached hydrogen (secondary N) is 1. The number of carbonyl (C=O) groups is 1. The second-order valence-corrected chi connectivity index (χ2v) is 7.30. The highest BCUT2D eigenvalue weighted by Crippen LogP contribution is 2.33. The third-order valence-corrected chi connectivity index (χ3v) is 5.33. The Hall–Kier alpha value is -2.02. The third kappa shape index (κ3) is 7.04. The molecule has 0 bridgehead atoms. The van der Waals surface area contributed by atoms with Crippen LogP contribution in [0.5, 0.6) is 0 Å². The van der Waals surface area contributed by atoms with E-state index in [1.807, 2.05) is 52.8 Å². The van der Waals surface area contributed by atoms with E-state index < -0.39 is 5.92 Å². The molecular formula is C23H32BrF2N3O. The van der Waals surface area contributed by atoms with E-state index in [-0.39, 0.29) is 25.3 Å². The lowest BCUT2D eigenvalue weighted by atomic mass is 10.1. The summed E-state index contributed by atoms with van der Waals surface area (Å²) in [6, 6.07) is 9.12. The van der Waals surface area contributed by atoms with Gasteiger partial charge in [0.05, 0.1) is 5.56 Å². The summed E-state index contributed by atoms with van der Waals surface area (Å²) in [5, 5.41) is 2.86. The lowest BCUT2D eigenvalue weighted by molar-refractivity contribution is -0.0102. The van der Waals surface area contributed by atoms with E-state index in [0.29, 0.717) is 34.5 Å². The van der Waals surface area contributed by atoms with E-state index in [1.165, 1.54) is 0 Å². The number of para-hydroxylation sites is 1. The highest BCUT2D eigenvalue weighted by atomic mass is 79.9. The number of aromatic nitrogens is 1. The van der Waals surface area contributed by atoms with Gasteiger partial charge in [-0.1, -0.05) is 45.9 Å². The van der Waals surface area contributed by atoms with Crippen molar-refractivity contribution >= 4 is 33.3 Å². The van der Waals surface area contributed by atoms with Crippen LogP contribution < -0.4 is 10.2 Å². The predicted octanol–water partition coefficient (Wildman–Crippen LogP) is 7.08. The third-order valence-electron chi connectivity index (χ3n) is 4.53. The number of nitrogens with zero attached hydrogens (tertiary/aromatic N) is 2. The van der Waals surface area contributed by atoms with Gasteiger partial charge >= 0.3 is 0 Å². The van der Waals surface area contributed by atoms with Crippen molar-refractivity contribution < 1.29 is 13.6 Å². The van der Waals surface area contributed by atoms with Gasteiger partial charge in [0.2, 0.25) is 5.92 Å². The van der Waals surface area contributed by atoms with Crippen LogP contribution in [0.2, 0.25) is 0 Å². The van der Waals surface area contributed by atoms with Crippen LogP contribution in [-0.2, 0) is 0 Å². The van der Waals surface area contributed by atoms with E-state index in [2.05, 4.69) is 26.2 Å². The summed E-state index contributed by atoms with van der Waals surface area (Å²) < 4.78 is 28.1. The Balaban J connectivity index is 0.00000106. The van der Waals surface area contributed by atoms with Crippen LogP contribution in [0.1, 0.15) is 62.9 Å². The van der Waals surface area contributed by atoms with Gasteiger partial charge < -0.3 is 10.2 Å². The maximum absolute atomic E-state index is 13.7. The second-order valence-electron chi connectivity index (χ2n) is 6.45. The van der Waals surface area contributed by atoms with E-state index in [1.54, 1.807) is 23.2 Å². The van der Waals surface area contributed by atoms with E-state index in [4.69, 9.17) is 0 Å². The maximum Gasteiger partial charge on any atom is 0.259 e. The molecule has 0 saturated carbocycles. The Kier molecular flexibility index (Phi) is 10.9. The second kappa shape index (κ2) is 12.6.